The average Bonchev–Trinajstić information content (AvgIpc) is 2.08. The first kappa shape index (κ1) is 10.6. The van der Waals surface area contributed by atoms with Crippen LogP contribution in [0.4, 0.5) is 8.78 Å². The summed E-state index contributed by atoms with van der Waals surface area (Å²) in [5, 5.41) is 8.50. The van der Waals surface area contributed by atoms with Crippen LogP contribution in [0, 0.1) is 11.6 Å². The summed E-state index contributed by atoms with van der Waals surface area (Å²) in [7, 11) is 0. The molecule has 0 aliphatic rings. The van der Waals surface area contributed by atoms with E-state index in [1.165, 1.54) is 6.07 Å². The number of carbonyl (C=O) groups is 1. The van der Waals surface area contributed by atoms with Gasteiger partial charge in [-0.3, -0.25) is 4.79 Å². The van der Waals surface area contributed by atoms with Crippen LogP contribution in [0.3, 0.4) is 0 Å². The topological polar surface area (TPSA) is 37.3 Å². The first-order valence-electron chi connectivity index (χ1n) is 4.17. The first-order valence-corrected chi connectivity index (χ1v) is 4.17. The highest BCUT2D eigenvalue weighted by molar-refractivity contribution is 5.67. The SMILES string of the molecule is CC(CC(=O)O)c1ccc(F)c(F)c1. The Morgan fingerprint density at radius 1 is 1.43 bits per heavy atom. The summed E-state index contributed by atoms with van der Waals surface area (Å²) < 4.78 is 25.3. The van der Waals surface area contributed by atoms with E-state index in [-0.39, 0.29) is 12.3 Å². The van der Waals surface area contributed by atoms with Crippen LogP contribution in [-0.4, -0.2) is 11.1 Å². The first-order chi connectivity index (χ1) is 6.50. The minimum absolute atomic E-state index is 0.0922. The molecule has 0 fully saturated rings. The molecule has 0 aromatic heterocycles. The van der Waals surface area contributed by atoms with Crippen molar-refractivity contribution in [2.75, 3.05) is 0 Å². The van der Waals surface area contributed by atoms with E-state index in [2.05, 4.69) is 0 Å². The van der Waals surface area contributed by atoms with Gasteiger partial charge < -0.3 is 5.11 Å². The van der Waals surface area contributed by atoms with Gasteiger partial charge >= 0.3 is 5.97 Å². The fraction of sp³-hybridized carbons (Fsp3) is 0.300. The molecule has 76 valence electrons. The van der Waals surface area contributed by atoms with E-state index < -0.39 is 17.6 Å². The zero-order valence-electron chi connectivity index (χ0n) is 7.63. The molecule has 0 aliphatic heterocycles. The third-order valence-corrected chi connectivity index (χ3v) is 1.99. The summed E-state index contributed by atoms with van der Waals surface area (Å²) in [6, 6.07) is 3.43. The molecule has 0 spiro atoms. The van der Waals surface area contributed by atoms with E-state index >= 15 is 0 Å². The normalized spacial score (nSPS) is 12.5. The summed E-state index contributed by atoms with van der Waals surface area (Å²) in [6.07, 6.45) is -0.0922. The quantitative estimate of drug-likeness (QED) is 0.814. The molecule has 1 atom stereocenters. The molecule has 1 N–H and O–H groups in total. The largest absolute Gasteiger partial charge is 0.481 e. The molecular weight excluding hydrogens is 190 g/mol. The lowest BCUT2D eigenvalue weighted by Crippen LogP contribution is -2.03. The number of hydrogen-bond donors (Lipinski definition) is 1. The summed E-state index contributed by atoms with van der Waals surface area (Å²) in [4.78, 5) is 10.4. The predicted octanol–water partition coefficient (Wildman–Crippen LogP) is 2.54. The van der Waals surface area contributed by atoms with Crippen molar-refractivity contribution < 1.29 is 18.7 Å². The Labute approximate surface area is 80.2 Å². The zero-order chi connectivity index (χ0) is 10.7. The van der Waals surface area contributed by atoms with Crippen molar-refractivity contribution in [3.8, 4) is 0 Å². The molecule has 0 bridgehead atoms. The Hall–Kier alpha value is -1.45. The summed E-state index contributed by atoms with van der Waals surface area (Å²) in [5.41, 5.74) is 0.492. The van der Waals surface area contributed by atoms with Crippen molar-refractivity contribution in [3.05, 3.63) is 35.4 Å². The number of carboxylic acid groups (broad SMARTS) is 1. The van der Waals surface area contributed by atoms with Gasteiger partial charge in [-0.2, -0.15) is 0 Å². The van der Waals surface area contributed by atoms with E-state index in [1.54, 1.807) is 6.92 Å². The lowest BCUT2D eigenvalue weighted by atomic mass is 9.98. The van der Waals surface area contributed by atoms with Gasteiger partial charge in [0.05, 0.1) is 6.42 Å². The number of carboxylic acids is 1. The van der Waals surface area contributed by atoms with Crippen molar-refractivity contribution in [1.29, 1.82) is 0 Å². The molecule has 2 nitrogen and oxygen atoms in total. The fourth-order valence-corrected chi connectivity index (χ4v) is 1.20. The van der Waals surface area contributed by atoms with Gasteiger partial charge in [0.2, 0.25) is 0 Å². The third kappa shape index (κ3) is 2.52. The minimum Gasteiger partial charge on any atom is -0.481 e. The number of aliphatic carboxylic acids is 1. The van der Waals surface area contributed by atoms with Crippen molar-refractivity contribution in [2.45, 2.75) is 19.3 Å². The van der Waals surface area contributed by atoms with Gasteiger partial charge in [-0.05, 0) is 23.6 Å². The van der Waals surface area contributed by atoms with E-state index in [4.69, 9.17) is 5.11 Å². The van der Waals surface area contributed by atoms with Gasteiger partial charge in [-0.1, -0.05) is 13.0 Å². The number of halogens is 2. The Balaban J connectivity index is 2.85. The second kappa shape index (κ2) is 4.17. The lowest BCUT2D eigenvalue weighted by molar-refractivity contribution is -0.137. The van der Waals surface area contributed by atoms with Gasteiger partial charge in [0.15, 0.2) is 11.6 Å². The van der Waals surface area contributed by atoms with Gasteiger partial charge in [-0.25, -0.2) is 8.78 Å². The summed E-state index contributed by atoms with van der Waals surface area (Å²) >= 11 is 0. The van der Waals surface area contributed by atoms with Gasteiger partial charge in [-0.15, -0.1) is 0 Å². The van der Waals surface area contributed by atoms with E-state index in [1.807, 2.05) is 0 Å². The van der Waals surface area contributed by atoms with Crippen LogP contribution in [0.2, 0.25) is 0 Å². The Morgan fingerprint density at radius 2 is 2.07 bits per heavy atom. The third-order valence-electron chi connectivity index (χ3n) is 1.99. The highest BCUT2D eigenvalue weighted by Crippen LogP contribution is 2.20. The van der Waals surface area contributed by atoms with Crippen LogP contribution in [-0.2, 0) is 4.79 Å². The molecule has 1 aromatic carbocycles. The summed E-state index contributed by atoms with van der Waals surface area (Å²) in [6.45, 7) is 1.65. The predicted molar refractivity (Wildman–Crippen MR) is 47.0 cm³/mol. The van der Waals surface area contributed by atoms with E-state index in [0.717, 1.165) is 12.1 Å². The highest BCUT2D eigenvalue weighted by Gasteiger charge is 2.12. The summed E-state index contributed by atoms with van der Waals surface area (Å²) in [5.74, 6) is -3.14. The molecule has 0 heterocycles. The van der Waals surface area contributed by atoms with Crippen LogP contribution in [0.5, 0.6) is 0 Å². The van der Waals surface area contributed by atoms with Crippen LogP contribution in [0.25, 0.3) is 0 Å². The van der Waals surface area contributed by atoms with Crippen LogP contribution in [0.15, 0.2) is 18.2 Å². The molecule has 1 aromatic rings. The van der Waals surface area contributed by atoms with Crippen molar-refractivity contribution in [3.63, 3.8) is 0 Å². The minimum atomic E-state index is -0.956. The fourth-order valence-electron chi connectivity index (χ4n) is 1.20. The van der Waals surface area contributed by atoms with E-state index in [0.29, 0.717) is 5.56 Å². The Kier molecular flexibility index (Phi) is 3.17. The molecular formula is C10H10F2O2. The van der Waals surface area contributed by atoms with Gasteiger partial charge in [0.1, 0.15) is 0 Å². The van der Waals surface area contributed by atoms with Crippen LogP contribution in [0.1, 0.15) is 24.8 Å². The molecule has 0 amide bonds. The number of benzene rings is 1. The molecule has 14 heavy (non-hydrogen) atoms. The van der Waals surface area contributed by atoms with Crippen molar-refractivity contribution >= 4 is 5.97 Å². The molecule has 0 saturated carbocycles. The van der Waals surface area contributed by atoms with Crippen LogP contribution < -0.4 is 0 Å². The molecule has 4 heteroatoms. The van der Waals surface area contributed by atoms with Crippen molar-refractivity contribution in [2.24, 2.45) is 0 Å². The maximum atomic E-state index is 12.8. The highest BCUT2D eigenvalue weighted by atomic mass is 19.2. The molecule has 0 radical (unpaired) electrons. The standard InChI is InChI=1S/C10H10F2O2/c1-6(4-10(13)14)7-2-3-8(11)9(12)5-7/h2-3,5-6H,4H2,1H3,(H,13,14). The number of rotatable bonds is 3. The monoisotopic (exact) mass is 200 g/mol. The van der Waals surface area contributed by atoms with Gasteiger partial charge in [0, 0.05) is 0 Å². The van der Waals surface area contributed by atoms with E-state index in [9.17, 15) is 13.6 Å². The molecule has 0 aliphatic carbocycles. The molecule has 1 unspecified atom stereocenters. The number of hydrogen-bond acceptors (Lipinski definition) is 1. The smallest absolute Gasteiger partial charge is 0.303 e. The lowest BCUT2D eigenvalue weighted by Gasteiger charge is -2.08. The molecule has 1 rings (SSSR count). The maximum absolute atomic E-state index is 12.8. The zero-order valence-corrected chi connectivity index (χ0v) is 7.63. The molecule has 0 saturated heterocycles. The maximum Gasteiger partial charge on any atom is 0.303 e. The van der Waals surface area contributed by atoms with Crippen LogP contribution >= 0.6 is 0 Å². The Bertz CT molecular complexity index is 350. The average molecular weight is 200 g/mol. The second-order valence-electron chi connectivity index (χ2n) is 3.17. The van der Waals surface area contributed by atoms with Gasteiger partial charge in [0.25, 0.3) is 0 Å². The second-order valence-corrected chi connectivity index (χ2v) is 3.17. The Morgan fingerprint density at radius 3 is 2.57 bits per heavy atom. The van der Waals surface area contributed by atoms with Crippen molar-refractivity contribution in [1.82, 2.24) is 0 Å².